The number of carbonyl (C=O) groups is 2. The predicted octanol–water partition coefficient (Wildman–Crippen LogP) is 3.61. The maximum absolute atomic E-state index is 11.6. The first-order chi connectivity index (χ1) is 12.0. The Balaban J connectivity index is 1.61. The summed E-state index contributed by atoms with van der Waals surface area (Å²) in [6.07, 6.45) is 4.89. The normalized spacial score (nSPS) is 10.6. The van der Waals surface area contributed by atoms with Crippen molar-refractivity contribution < 1.29 is 18.7 Å². The molecular formula is C17H16Cl2N2O4. The highest BCUT2D eigenvalue weighted by Crippen LogP contribution is 2.27. The summed E-state index contributed by atoms with van der Waals surface area (Å²) in [5.74, 6) is 0.252. The first-order valence-electron chi connectivity index (χ1n) is 7.43. The quantitative estimate of drug-likeness (QED) is 0.435. The fourth-order valence-corrected chi connectivity index (χ4v) is 2.25. The van der Waals surface area contributed by atoms with E-state index in [4.69, 9.17) is 32.4 Å². The highest BCUT2D eigenvalue weighted by Gasteiger charge is 2.05. The van der Waals surface area contributed by atoms with E-state index in [0.717, 1.165) is 0 Å². The third-order valence-corrected chi connectivity index (χ3v) is 3.50. The van der Waals surface area contributed by atoms with Gasteiger partial charge in [-0.3, -0.25) is 20.4 Å². The molecule has 0 radical (unpaired) electrons. The van der Waals surface area contributed by atoms with Gasteiger partial charge in [-0.15, -0.1) is 0 Å². The van der Waals surface area contributed by atoms with Gasteiger partial charge in [0.1, 0.15) is 11.5 Å². The van der Waals surface area contributed by atoms with Crippen molar-refractivity contribution in [2.24, 2.45) is 0 Å². The Morgan fingerprint density at radius 3 is 2.76 bits per heavy atom. The number of furan rings is 1. The number of nitrogens with one attached hydrogen (secondary N) is 2. The molecule has 1 aromatic carbocycles. The van der Waals surface area contributed by atoms with E-state index in [-0.39, 0.29) is 12.3 Å². The van der Waals surface area contributed by atoms with Crippen LogP contribution in [0.25, 0.3) is 6.08 Å². The average Bonchev–Trinajstić information content (AvgIpc) is 3.10. The molecule has 1 aromatic heterocycles. The maximum Gasteiger partial charge on any atom is 0.262 e. The van der Waals surface area contributed by atoms with Crippen molar-refractivity contribution in [3.63, 3.8) is 0 Å². The lowest BCUT2D eigenvalue weighted by molar-refractivity contribution is -0.126. The van der Waals surface area contributed by atoms with Crippen LogP contribution in [-0.2, 0) is 9.59 Å². The largest absolute Gasteiger partial charge is 0.492 e. The van der Waals surface area contributed by atoms with Gasteiger partial charge in [-0.1, -0.05) is 23.2 Å². The van der Waals surface area contributed by atoms with Gasteiger partial charge in [0, 0.05) is 17.5 Å². The molecular weight excluding hydrogens is 367 g/mol. The van der Waals surface area contributed by atoms with E-state index < -0.39 is 5.91 Å². The van der Waals surface area contributed by atoms with Crippen LogP contribution in [-0.4, -0.2) is 18.4 Å². The number of halogens is 2. The van der Waals surface area contributed by atoms with Crippen LogP contribution in [0.5, 0.6) is 5.75 Å². The van der Waals surface area contributed by atoms with E-state index in [1.165, 1.54) is 18.4 Å². The number of hydrogen-bond donors (Lipinski definition) is 2. The number of hydrazine groups is 1. The van der Waals surface area contributed by atoms with Crippen LogP contribution in [0.15, 0.2) is 47.1 Å². The lowest BCUT2D eigenvalue weighted by Gasteiger charge is -2.08. The zero-order valence-electron chi connectivity index (χ0n) is 13.1. The Morgan fingerprint density at radius 2 is 2.04 bits per heavy atom. The fourth-order valence-electron chi connectivity index (χ4n) is 1.79. The molecule has 132 valence electrons. The first-order valence-corrected chi connectivity index (χ1v) is 8.18. The summed E-state index contributed by atoms with van der Waals surface area (Å²) in [6.45, 7) is 0.307. The van der Waals surface area contributed by atoms with Crippen LogP contribution in [0, 0.1) is 0 Å². The summed E-state index contributed by atoms with van der Waals surface area (Å²) < 4.78 is 10.5. The Hall–Kier alpha value is -2.44. The van der Waals surface area contributed by atoms with Crippen LogP contribution in [0.1, 0.15) is 18.6 Å². The molecule has 0 aliphatic heterocycles. The predicted molar refractivity (Wildman–Crippen MR) is 95.2 cm³/mol. The second-order valence-corrected chi connectivity index (χ2v) is 5.76. The second-order valence-electron chi connectivity index (χ2n) is 4.91. The Labute approximate surface area is 154 Å². The average molecular weight is 383 g/mol. The molecule has 0 unspecified atom stereocenters. The minimum absolute atomic E-state index is 0.188. The molecule has 0 fully saturated rings. The number of amides is 2. The van der Waals surface area contributed by atoms with Gasteiger partial charge in [0.2, 0.25) is 5.91 Å². The molecule has 0 bridgehead atoms. The molecule has 6 nitrogen and oxygen atoms in total. The summed E-state index contributed by atoms with van der Waals surface area (Å²) in [5.41, 5.74) is 4.59. The summed E-state index contributed by atoms with van der Waals surface area (Å²) in [5, 5.41) is 0.932. The molecule has 8 heteroatoms. The lowest BCUT2D eigenvalue weighted by Crippen LogP contribution is -2.40. The van der Waals surface area contributed by atoms with Gasteiger partial charge >= 0.3 is 0 Å². The standard InChI is InChI=1S/C17H16Cl2N2O4/c18-12-5-7-15(14(19)11-12)25-10-2-4-16(22)20-21-17(23)8-6-13-3-1-9-24-13/h1,3,5-9,11H,2,4,10H2,(H,20,22)(H,21,23)/b8-6+. The molecule has 0 saturated heterocycles. The van der Waals surface area contributed by atoms with Gasteiger partial charge in [0.15, 0.2) is 0 Å². The van der Waals surface area contributed by atoms with E-state index in [0.29, 0.717) is 34.6 Å². The number of rotatable bonds is 7. The van der Waals surface area contributed by atoms with Crippen molar-refractivity contribution in [3.05, 3.63) is 58.5 Å². The van der Waals surface area contributed by atoms with E-state index >= 15 is 0 Å². The molecule has 0 spiro atoms. The number of benzene rings is 1. The molecule has 0 atom stereocenters. The van der Waals surface area contributed by atoms with E-state index in [9.17, 15) is 9.59 Å². The molecule has 1 heterocycles. The zero-order chi connectivity index (χ0) is 18.1. The molecule has 2 rings (SSSR count). The van der Waals surface area contributed by atoms with Crippen LogP contribution in [0.4, 0.5) is 0 Å². The topological polar surface area (TPSA) is 80.6 Å². The van der Waals surface area contributed by atoms with Gasteiger partial charge in [0.25, 0.3) is 5.91 Å². The van der Waals surface area contributed by atoms with Crippen molar-refractivity contribution in [2.45, 2.75) is 12.8 Å². The monoisotopic (exact) mass is 382 g/mol. The van der Waals surface area contributed by atoms with Gasteiger partial charge in [-0.05, 0) is 42.8 Å². The summed E-state index contributed by atoms with van der Waals surface area (Å²) in [4.78, 5) is 23.2. The lowest BCUT2D eigenvalue weighted by atomic mass is 10.3. The van der Waals surface area contributed by atoms with Crippen LogP contribution >= 0.6 is 23.2 Å². The van der Waals surface area contributed by atoms with E-state index in [2.05, 4.69) is 10.9 Å². The Kier molecular flexibility index (Phi) is 7.37. The van der Waals surface area contributed by atoms with Crippen LogP contribution < -0.4 is 15.6 Å². The van der Waals surface area contributed by atoms with Gasteiger partial charge in [0.05, 0.1) is 17.9 Å². The van der Waals surface area contributed by atoms with Gasteiger partial charge < -0.3 is 9.15 Å². The highest BCUT2D eigenvalue weighted by atomic mass is 35.5. The summed E-state index contributed by atoms with van der Waals surface area (Å²) in [7, 11) is 0. The molecule has 2 N–H and O–H groups in total. The molecule has 0 aliphatic carbocycles. The van der Waals surface area contributed by atoms with Crippen LogP contribution in [0.2, 0.25) is 10.0 Å². The smallest absolute Gasteiger partial charge is 0.262 e. The minimum Gasteiger partial charge on any atom is -0.492 e. The molecule has 2 amide bonds. The number of carbonyl (C=O) groups excluding carboxylic acids is 2. The molecule has 25 heavy (non-hydrogen) atoms. The third kappa shape index (κ3) is 6.91. The number of ether oxygens (including phenoxy) is 1. The van der Waals surface area contributed by atoms with Crippen molar-refractivity contribution >= 4 is 41.1 Å². The van der Waals surface area contributed by atoms with Crippen molar-refractivity contribution in [1.29, 1.82) is 0 Å². The van der Waals surface area contributed by atoms with Gasteiger partial charge in [-0.25, -0.2) is 0 Å². The molecule has 0 saturated carbocycles. The highest BCUT2D eigenvalue weighted by molar-refractivity contribution is 6.35. The van der Waals surface area contributed by atoms with E-state index in [1.54, 1.807) is 30.3 Å². The first kappa shape index (κ1) is 18.9. The second kappa shape index (κ2) is 9.76. The maximum atomic E-state index is 11.6. The fraction of sp³-hybridized carbons (Fsp3) is 0.176. The van der Waals surface area contributed by atoms with Crippen molar-refractivity contribution in [3.8, 4) is 5.75 Å². The van der Waals surface area contributed by atoms with Gasteiger partial charge in [-0.2, -0.15) is 0 Å². The molecule has 2 aromatic rings. The van der Waals surface area contributed by atoms with Crippen LogP contribution in [0.3, 0.4) is 0 Å². The van der Waals surface area contributed by atoms with Crippen molar-refractivity contribution in [1.82, 2.24) is 10.9 Å². The Bertz CT molecular complexity index is 745. The minimum atomic E-state index is -0.464. The Morgan fingerprint density at radius 1 is 1.20 bits per heavy atom. The summed E-state index contributed by atoms with van der Waals surface area (Å²) in [6, 6.07) is 8.32. The van der Waals surface area contributed by atoms with E-state index in [1.807, 2.05) is 0 Å². The number of hydrogen-bond acceptors (Lipinski definition) is 4. The van der Waals surface area contributed by atoms with Crippen molar-refractivity contribution in [2.75, 3.05) is 6.61 Å². The SMILES string of the molecule is O=C(/C=C/c1ccco1)NNC(=O)CCCOc1ccc(Cl)cc1Cl. The summed E-state index contributed by atoms with van der Waals surface area (Å²) >= 11 is 11.8. The molecule has 0 aliphatic rings. The third-order valence-electron chi connectivity index (χ3n) is 2.97. The zero-order valence-corrected chi connectivity index (χ0v) is 14.6.